The van der Waals surface area contributed by atoms with Crippen molar-refractivity contribution in [1.82, 2.24) is 0 Å². The monoisotopic (exact) mass is 708 g/mol. The molecule has 6 heteroatoms. The average Bonchev–Trinajstić information content (AvgIpc) is 3.76. The largest absolute Gasteiger partial charge is 0.457 e. The van der Waals surface area contributed by atoms with Crippen LogP contribution < -0.4 is 0 Å². The highest BCUT2D eigenvalue weighted by molar-refractivity contribution is 6.67. The number of esters is 1. The van der Waals surface area contributed by atoms with Crippen LogP contribution in [0.25, 0.3) is 64.6 Å². The van der Waals surface area contributed by atoms with Crippen molar-refractivity contribution in [3.05, 3.63) is 145 Å². The van der Waals surface area contributed by atoms with Crippen molar-refractivity contribution in [3.8, 4) is 0 Å². The van der Waals surface area contributed by atoms with Gasteiger partial charge >= 0.3 is 5.97 Å². The first-order chi connectivity index (χ1) is 25.1. The van der Waals surface area contributed by atoms with Gasteiger partial charge in [-0.1, -0.05) is 98.1 Å². The maximum atomic E-state index is 11.6. The van der Waals surface area contributed by atoms with Crippen molar-refractivity contribution in [2.24, 2.45) is 0 Å². The van der Waals surface area contributed by atoms with E-state index in [-0.39, 0.29) is 19.2 Å². The van der Waals surface area contributed by atoms with Crippen molar-refractivity contribution in [2.45, 2.75) is 39.9 Å². The van der Waals surface area contributed by atoms with Gasteiger partial charge in [0.25, 0.3) is 0 Å². The number of ether oxygens (including phenoxy) is 2. The molecular weight excluding hydrogens is 668 g/mol. The van der Waals surface area contributed by atoms with Crippen molar-refractivity contribution in [3.63, 3.8) is 0 Å². The van der Waals surface area contributed by atoms with Gasteiger partial charge in [-0.2, -0.15) is 0 Å². The van der Waals surface area contributed by atoms with Gasteiger partial charge in [0.2, 0.25) is 5.24 Å². The minimum absolute atomic E-state index is 0.0937. The molecule has 0 amide bonds. The van der Waals surface area contributed by atoms with Gasteiger partial charge in [-0.05, 0) is 138 Å². The summed E-state index contributed by atoms with van der Waals surface area (Å²) >= 11 is 4.87. The van der Waals surface area contributed by atoms with Gasteiger partial charge in [-0.15, -0.1) is 0 Å². The van der Waals surface area contributed by atoms with E-state index in [1.807, 2.05) is 0 Å². The molecule has 5 nitrogen and oxygen atoms in total. The number of benzene rings is 8. The summed E-state index contributed by atoms with van der Waals surface area (Å²) in [6, 6.07) is 38.3. The Hall–Kier alpha value is -5.33. The second kappa shape index (κ2) is 16.3. The predicted octanol–water partition coefficient (Wildman–Crippen LogP) is 11.4. The number of carbonyl (C=O) groups is 2. The molecule has 0 spiro atoms. The van der Waals surface area contributed by atoms with Crippen LogP contribution in [0.1, 0.15) is 37.8 Å². The van der Waals surface area contributed by atoms with Crippen LogP contribution in [0.2, 0.25) is 0 Å². The zero-order chi connectivity index (χ0) is 36.8. The summed E-state index contributed by atoms with van der Waals surface area (Å²) in [5.74, 6) is -0.352. The highest BCUT2D eigenvalue weighted by atomic mass is 35.5. The number of allylic oxidation sites excluding steroid dienone is 1. The molecule has 0 unspecified atom stereocenters. The second-order valence-electron chi connectivity index (χ2n) is 13.1. The zero-order valence-corrected chi connectivity index (χ0v) is 30.3. The number of aliphatic hydroxyl groups excluding tert-OH is 1. The Morgan fingerprint density at radius 1 is 0.615 bits per heavy atom. The Morgan fingerprint density at radius 2 is 0.962 bits per heavy atom. The first-order valence-corrected chi connectivity index (χ1v) is 17.7. The van der Waals surface area contributed by atoms with E-state index < -0.39 is 5.24 Å². The van der Waals surface area contributed by atoms with E-state index in [2.05, 4.69) is 122 Å². The summed E-state index contributed by atoms with van der Waals surface area (Å²) in [4.78, 5) is 21.4. The fourth-order valence-corrected chi connectivity index (χ4v) is 6.59. The lowest BCUT2D eigenvalue weighted by atomic mass is 9.93. The molecule has 8 aromatic rings. The second-order valence-corrected chi connectivity index (χ2v) is 13.5. The molecule has 52 heavy (non-hydrogen) atoms. The third-order valence-electron chi connectivity index (χ3n) is 9.11. The van der Waals surface area contributed by atoms with Gasteiger partial charge in [0.05, 0.1) is 6.61 Å². The van der Waals surface area contributed by atoms with E-state index in [4.69, 9.17) is 21.1 Å². The lowest BCUT2D eigenvalue weighted by molar-refractivity contribution is -0.140. The first-order valence-electron chi connectivity index (χ1n) is 17.3. The van der Waals surface area contributed by atoms with Crippen LogP contribution in [-0.4, -0.2) is 29.5 Å². The lowest BCUT2D eigenvalue weighted by Gasteiger charge is -2.12. The maximum Gasteiger partial charge on any atom is 0.333 e. The molecule has 262 valence electrons. The quantitative estimate of drug-likeness (QED) is 0.0834. The lowest BCUT2D eigenvalue weighted by Crippen LogP contribution is -2.04. The third kappa shape index (κ3) is 8.08. The minimum atomic E-state index is -0.463. The van der Waals surface area contributed by atoms with Crippen molar-refractivity contribution in [2.75, 3.05) is 13.2 Å². The van der Waals surface area contributed by atoms with Gasteiger partial charge in [-0.3, -0.25) is 4.79 Å². The Morgan fingerprint density at radius 3 is 1.27 bits per heavy atom. The van der Waals surface area contributed by atoms with Gasteiger partial charge in [0, 0.05) is 24.4 Å². The average molecular weight is 709 g/mol. The summed E-state index contributed by atoms with van der Waals surface area (Å²) in [7, 11) is 0. The SMILES string of the molecule is C1CCOC1.C=C(C)C(=O)Cl.C=C(C)C(=O)OCc1cc2ccc3cccc4ccc(c1)c2c34.OCc1cc2ccc3cccc4ccc(c1)c2c34. The Labute approximate surface area is 308 Å². The molecule has 1 heterocycles. The van der Waals surface area contributed by atoms with Crippen molar-refractivity contribution < 1.29 is 24.2 Å². The first kappa shape index (κ1) is 36.5. The number of hydrogen-bond donors (Lipinski definition) is 1. The molecule has 0 atom stereocenters. The normalized spacial score (nSPS) is 12.3. The van der Waals surface area contributed by atoms with Crippen LogP contribution in [0.4, 0.5) is 0 Å². The summed E-state index contributed by atoms with van der Waals surface area (Å²) in [6.07, 6.45) is 2.56. The molecule has 1 aliphatic rings. The fraction of sp³-hybridized carbons (Fsp3) is 0.174. The number of halogens is 1. The van der Waals surface area contributed by atoms with E-state index in [1.165, 1.54) is 77.5 Å². The Balaban J connectivity index is 0.000000141. The molecule has 8 aromatic carbocycles. The molecular formula is C46H41ClO5. The van der Waals surface area contributed by atoms with Gasteiger partial charge in [0.1, 0.15) is 6.61 Å². The van der Waals surface area contributed by atoms with Crippen LogP contribution in [0.5, 0.6) is 0 Å². The van der Waals surface area contributed by atoms with Gasteiger partial charge in [0.15, 0.2) is 0 Å². The fourth-order valence-electron chi connectivity index (χ4n) is 6.59. The number of aliphatic hydroxyl groups is 1. The van der Waals surface area contributed by atoms with E-state index in [0.29, 0.717) is 11.1 Å². The molecule has 1 N–H and O–H groups in total. The molecule has 0 aliphatic carbocycles. The van der Waals surface area contributed by atoms with E-state index >= 15 is 0 Å². The zero-order valence-electron chi connectivity index (χ0n) is 29.5. The van der Waals surface area contributed by atoms with E-state index in [0.717, 1.165) is 24.3 Å². The molecule has 0 radical (unpaired) electrons. The van der Waals surface area contributed by atoms with Crippen LogP contribution in [-0.2, 0) is 32.3 Å². The number of rotatable bonds is 5. The summed E-state index contributed by atoms with van der Waals surface area (Å²) in [5, 5.41) is 23.9. The van der Waals surface area contributed by atoms with Crippen LogP contribution in [0, 0.1) is 0 Å². The third-order valence-corrected chi connectivity index (χ3v) is 9.43. The van der Waals surface area contributed by atoms with Crippen LogP contribution in [0.15, 0.2) is 133 Å². The van der Waals surface area contributed by atoms with Crippen LogP contribution in [0.3, 0.4) is 0 Å². The number of hydrogen-bond acceptors (Lipinski definition) is 5. The topological polar surface area (TPSA) is 72.8 Å². The Bertz CT molecular complexity index is 2400. The highest BCUT2D eigenvalue weighted by Crippen LogP contribution is 2.36. The molecule has 1 aliphatic heterocycles. The predicted molar refractivity (Wildman–Crippen MR) is 217 cm³/mol. The van der Waals surface area contributed by atoms with Crippen molar-refractivity contribution >= 4 is 87.4 Å². The van der Waals surface area contributed by atoms with Gasteiger partial charge in [-0.25, -0.2) is 4.79 Å². The molecule has 9 rings (SSSR count). The highest BCUT2D eigenvalue weighted by Gasteiger charge is 2.11. The summed E-state index contributed by atoms with van der Waals surface area (Å²) in [5.41, 5.74) is 2.77. The molecule has 0 bridgehead atoms. The van der Waals surface area contributed by atoms with Gasteiger partial charge < -0.3 is 14.6 Å². The Kier molecular flexibility index (Phi) is 11.5. The summed E-state index contributed by atoms with van der Waals surface area (Å²) in [6.45, 7) is 12.5. The standard InChI is InChI=1S/C21H16O2.C17H12O.C4H5ClO.C4H8O/c1-13(2)21(22)23-12-14-10-17-8-6-15-4-3-5-16-7-9-18(11-14)20(17)19(15)16;18-10-11-8-14-6-4-12-2-1-3-13-5-7-15(9-11)17(14)16(12)13;1-3(2)4(5)6;1-2-4-5-3-1/h3-11H,1,12H2,2H3;1-9,18H,10H2;1H2,2H3;1-4H2. The van der Waals surface area contributed by atoms with E-state index in [1.54, 1.807) is 13.8 Å². The summed E-state index contributed by atoms with van der Waals surface area (Å²) < 4.78 is 10.2. The van der Waals surface area contributed by atoms with E-state index in [9.17, 15) is 14.7 Å². The molecule has 0 aromatic heterocycles. The van der Waals surface area contributed by atoms with Crippen molar-refractivity contribution in [1.29, 1.82) is 0 Å². The minimum Gasteiger partial charge on any atom is -0.457 e. The van der Waals surface area contributed by atoms with Crippen LogP contribution >= 0.6 is 11.6 Å². The molecule has 1 fully saturated rings. The smallest absolute Gasteiger partial charge is 0.333 e. The molecule has 1 saturated heterocycles. The maximum absolute atomic E-state index is 11.6. The number of carbonyl (C=O) groups excluding carboxylic acids is 2. The molecule has 0 saturated carbocycles.